The van der Waals surface area contributed by atoms with Gasteiger partial charge in [-0.25, -0.2) is 0 Å². The highest BCUT2D eigenvalue weighted by molar-refractivity contribution is 7.86. The summed E-state index contributed by atoms with van der Waals surface area (Å²) in [5, 5.41) is -0.232. The van der Waals surface area contributed by atoms with Crippen LogP contribution in [0.2, 0.25) is 0 Å². The van der Waals surface area contributed by atoms with Crippen LogP contribution in [0.4, 0.5) is 0 Å². The van der Waals surface area contributed by atoms with Crippen LogP contribution in [0.25, 0.3) is 10.8 Å². The summed E-state index contributed by atoms with van der Waals surface area (Å²) in [6.45, 7) is 0. The molecule has 0 fully saturated rings. The molecule has 3 rings (SSSR count). The average molecular weight is 227 g/mol. The van der Waals surface area contributed by atoms with E-state index in [-0.39, 0.29) is 10.8 Å². The van der Waals surface area contributed by atoms with E-state index < -0.39 is 26.1 Å². The van der Waals surface area contributed by atoms with Crippen LogP contribution in [0.3, 0.4) is 0 Å². The molecular formula is C8H5NO5S. The molecule has 7 heteroatoms. The Morgan fingerprint density at radius 1 is 1.13 bits per heavy atom. The number of hydrogen-bond acceptors (Lipinski definition) is 4. The molecule has 1 aromatic carbocycles. The standard InChI is InChI=1S/C8H5NO5S/c10-7-4-1-2-5(8(11)9-7)6(3-4)15(12,13)14/h1-3H,(H,9,10,11)(H,12,13,14). The Morgan fingerprint density at radius 2 is 1.80 bits per heavy atom. The van der Waals surface area contributed by atoms with Crippen molar-refractivity contribution in [1.29, 1.82) is 0 Å². The van der Waals surface area contributed by atoms with Crippen LogP contribution >= 0.6 is 0 Å². The zero-order valence-corrected chi connectivity index (χ0v) is 8.04. The third-order valence-electron chi connectivity index (χ3n) is 1.99. The van der Waals surface area contributed by atoms with Gasteiger partial charge in [0, 0.05) is 5.39 Å². The normalized spacial score (nSPS) is 12.1. The molecule has 6 nitrogen and oxygen atoms in total. The van der Waals surface area contributed by atoms with E-state index in [0.717, 1.165) is 6.07 Å². The molecule has 78 valence electrons. The first-order valence-electron chi connectivity index (χ1n) is 3.87. The Labute approximate surface area is 83.3 Å². The van der Waals surface area contributed by atoms with Crippen molar-refractivity contribution in [3.8, 4) is 0 Å². The van der Waals surface area contributed by atoms with Gasteiger partial charge in [0.05, 0.1) is 5.39 Å². The topological polar surface area (TPSA) is 104 Å². The molecule has 0 saturated heterocycles. The lowest BCUT2D eigenvalue weighted by Crippen LogP contribution is -2.13. The number of rotatable bonds is 1. The minimum Gasteiger partial charge on any atom is -0.288 e. The van der Waals surface area contributed by atoms with Gasteiger partial charge in [-0.15, -0.1) is 0 Å². The molecular weight excluding hydrogens is 222 g/mol. The summed E-state index contributed by atoms with van der Waals surface area (Å²) in [6, 6.07) is 3.45. The minimum absolute atomic E-state index is 0.0113. The molecule has 2 N–H and O–H groups in total. The fourth-order valence-electron chi connectivity index (χ4n) is 1.31. The molecule has 3 aromatic rings. The highest BCUT2D eigenvalue weighted by atomic mass is 32.2. The number of H-pyrrole nitrogens is 1. The zero-order valence-electron chi connectivity index (χ0n) is 7.22. The van der Waals surface area contributed by atoms with E-state index in [1.165, 1.54) is 12.1 Å². The van der Waals surface area contributed by atoms with E-state index in [1.807, 2.05) is 4.98 Å². The van der Waals surface area contributed by atoms with Crippen LogP contribution in [0, 0.1) is 0 Å². The van der Waals surface area contributed by atoms with Crippen LogP contribution in [0.5, 0.6) is 0 Å². The van der Waals surface area contributed by atoms with Gasteiger partial charge in [0.2, 0.25) is 0 Å². The summed E-state index contributed by atoms with van der Waals surface area (Å²) in [6.07, 6.45) is 0. The Morgan fingerprint density at radius 3 is 2.40 bits per heavy atom. The number of aromatic nitrogens is 1. The Hall–Kier alpha value is -1.73. The Bertz CT molecular complexity index is 730. The first-order chi connectivity index (χ1) is 6.89. The van der Waals surface area contributed by atoms with Gasteiger partial charge in [-0.2, -0.15) is 8.42 Å². The molecule has 0 aliphatic carbocycles. The van der Waals surface area contributed by atoms with E-state index in [1.54, 1.807) is 0 Å². The lowest BCUT2D eigenvalue weighted by Gasteiger charge is -1.95. The van der Waals surface area contributed by atoms with Crippen molar-refractivity contribution in [1.82, 2.24) is 4.98 Å². The van der Waals surface area contributed by atoms with Crippen LogP contribution in [0.1, 0.15) is 0 Å². The first-order valence-corrected chi connectivity index (χ1v) is 5.31. The van der Waals surface area contributed by atoms with Crippen molar-refractivity contribution in [2.45, 2.75) is 4.90 Å². The molecule has 0 aliphatic heterocycles. The maximum absolute atomic E-state index is 11.3. The molecule has 2 aromatic heterocycles. The number of hydrogen-bond donors (Lipinski definition) is 2. The Balaban J connectivity index is 3.18. The fourth-order valence-corrected chi connectivity index (χ4v) is 2.02. The van der Waals surface area contributed by atoms with E-state index in [4.69, 9.17) is 4.55 Å². The van der Waals surface area contributed by atoms with Gasteiger partial charge < -0.3 is 0 Å². The SMILES string of the molecule is O=c1[nH]c(=O)c2ccc1cc2S(=O)(=O)O. The second-order valence-corrected chi connectivity index (χ2v) is 4.36. The van der Waals surface area contributed by atoms with E-state index in [2.05, 4.69) is 0 Å². The second-order valence-electron chi connectivity index (χ2n) is 2.97. The van der Waals surface area contributed by atoms with Gasteiger partial charge in [0.15, 0.2) is 0 Å². The summed E-state index contributed by atoms with van der Waals surface area (Å²) >= 11 is 0. The van der Waals surface area contributed by atoms with Gasteiger partial charge in [-0.1, -0.05) is 0 Å². The van der Waals surface area contributed by atoms with Gasteiger partial charge in [0.25, 0.3) is 21.2 Å². The summed E-state index contributed by atoms with van der Waals surface area (Å²) in [4.78, 5) is 23.9. The predicted molar refractivity (Wildman–Crippen MR) is 51.8 cm³/mol. The number of benzene rings is 1. The van der Waals surface area contributed by atoms with Gasteiger partial charge >= 0.3 is 0 Å². The third kappa shape index (κ3) is 1.51. The molecule has 2 heterocycles. The zero-order chi connectivity index (χ0) is 11.2. The molecule has 2 bridgehead atoms. The maximum atomic E-state index is 11.3. The van der Waals surface area contributed by atoms with Crippen LogP contribution in [-0.2, 0) is 10.1 Å². The second kappa shape index (κ2) is 2.88. The third-order valence-corrected chi connectivity index (χ3v) is 2.89. The van der Waals surface area contributed by atoms with Crippen molar-refractivity contribution in [3.63, 3.8) is 0 Å². The molecule has 0 radical (unpaired) electrons. The fraction of sp³-hybridized carbons (Fsp3) is 0. The molecule has 0 atom stereocenters. The molecule has 0 saturated carbocycles. The summed E-state index contributed by atoms with van der Waals surface area (Å²) in [5.41, 5.74) is -1.53. The van der Waals surface area contributed by atoms with Crippen molar-refractivity contribution in [2.75, 3.05) is 0 Å². The van der Waals surface area contributed by atoms with Gasteiger partial charge in [-0.05, 0) is 18.2 Å². The molecule has 0 spiro atoms. The van der Waals surface area contributed by atoms with E-state index >= 15 is 0 Å². The van der Waals surface area contributed by atoms with Crippen molar-refractivity contribution in [3.05, 3.63) is 38.9 Å². The van der Waals surface area contributed by atoms with E-state index in [9.17, 15) is 18.0 Å². The smallest absolute Gasteiger partial charge is 0.288 e. The van der Waals surface area contributed by atoms with Crippen LogP contribution in [-0.4, -0.2) is 18.0 Å². The van der Waals surface area contributed by atoms with E-state index in [0.29, 0.717) is 0 Å². The summed E-state index contributed by atoms with van der Waals surface area (Å²) in [7, 11) is -4.50. The monoisotopic (exact) mass is 227 g/mol. The first kappa shape index (κ1) is 9.81. The highest BCUT2D eigenvalue weighted by Gasteiger charge is 2.16. The number of aromatic amines is 1. The predicted octanol–water partition coefficient (Wildman–Crippen LogP) is -0.427. The lowest BCUT2D eigenvalue weighted by atomic mass is 10.2. The number of nitrogens with one attached hydrogen (secondary N) is 1. The minimum atomic E-state index is -4.50. The van der Waals surface area contributed by atoms with Crippen molar-refractivity contribution >= 4 is 20.9 Å². The van der Waals surface area contributed by atoms with Gasteiger partial charge in [0.1, 0.15) is 4.90 Å². The number of fused-ring (bicyclic) bond motifs is 4. The Kier molecular flexibility index (Phi) is 1.88. The maximum Gasteiger partial charge on any atom is 0.295 e. The molecule has 0 aliphatic rings. The quantitative estimate of drug-likeness (QED) is 0.643. The lowest BCUT2D eigenvalue weighted by molar-refractivity contribution is 0.484. The van der Waals surface area contributed by atoms with Crippen LogP contribution < -0.4 is 11.1 Å². The van der Waals surface area contributed by atoms with Crippen molar-refractivity contribution < 1.29 is 13.0 Å². The molecule has 0 unspecified atom stereocenters. The molecule has 15 heavy (non-hydrogen) atoms. The van der Waals surface area contributed by atoms with Crippen molar-refractivity contribution in [2.24, 2.45) is 0 Å². The largest absolute Gasteiger partial charge is 0.295 e. The summed E-state index contributed by atoms with van der Waals surface area (Å²) < 4.78 is 30.7. The van der Waals surface area contributed by atoms with Crippen LogP contribution in [0.15, 0.2) is 32.7 Å². The average Bonchev–Trinajstić information content (AvgIpc) is 2.33. The van der Waals surface area contributed by atoms with Gasteiger partial charge in [-0.3, -0.25) is 19.1 Å². The molecule has 0 amide bonds. The summed E-state index contributed by atoms with van der Waals surface area (Å²) in [5.74, 6) is 0. The highest BCUT2D eigenvalue weighted by Crippen LogP contribution is 2.15.